The highest BCUT2D eigenvalue weighted by atomic mass is 16.4. The Morgan fingerprint density at radius 2 is 2.05 bits per heavy atom. The van der Waals surface area contributed by atoms with Gasteiger partial charge in [-0.3, -0.25) is 9.59 Å². The Labute approximate surface area is 122 Å². The number of benzene rings is 1. The van der Waals surface area contributed by atoms with Crippen LogP contribution in [0.25, 0.3) is 0 Å². The van der Waals surface area contributed by atoms with E-state index in [0.29, 0.717) is 19.5 Å². The molecule has 6 nitrogen and oxygen atoms in total. The molecule has 1 aliphatic rings. The minimum Gasteiger partial charge on any atom is -0.508 e. The standard InChI is InChI=1S/C15H19NO5/c17-11-4-5-12(13(18)8-11)15(21)16-7-1-2-10(9-16)3-6-14(19)20/h4-5,8,10,17-18H,1-3,6-7,9H2,(H,19,20). The molecule has 1 aromatic carbocycles. The van der Waals surface area contributed by atoms with E-state index in [4.69, 9.17) is 5.11 Å². The Bertz CT molecular complexity index is 543. The van der Waals surface area contributed by atoms with Crippen LogP contribution in [0, 0.1) is 5.92 Å². The molecule has 114 valence electrons. The first-order valence-corrected chi connectivity index (χ1v) is 7.00. The largest absolute Gasteiger partial charge is 0.508 e. The first-order chi connectivity index (χ1) is 9.97. The van der Waals surface area contributed by atoms with Gasteiger partial charge in [0.15, 0.2) is 0 Å². The van der Waals surface area contributed by atoms with Crippen LogP contribution in [0.4, 0.5) is 0 Å². The van der Waals surface area contributed by atoms with Gasteiger partial charge in [0.05, 0.1) is 5.56 Å². The number of carboxylic acids is 1. The number of carbonyl (C=O) groups excluding carboxylic acids is 1. The van der Waals surface area contributed by atoms with Gasteiger partial charge in [-0.15, -0.1) is 0 Å². The Hall–Kier alpha value is -2.24. The van der Waals surface area contributed by atoms with E-state index in [1.165, 1.54) is 12.1 Å². The fourth-order valence-electron chi connectivity index (χ4n) is 2.68. The zero-order valence-electron chi connectivity index (χ0n) is 11.7. The molecule has 0 radical (unpaired) electrons. The summed E-state index contributed by atoms with van der Waals surface area (Å²) in [6.45, 7) is 1.11. The minimum atomic E-state index is -0.824. The van der Waals surface area contributed by atoms with Crippen LogP contribution in [0.15, 0.2) is 18.2 Å². The van der Waals surface area contributed by atoms with Crippen LogP contribution in [0.5, 0.6) is 11.5 Å². The molecule has 0 bridgehead atoms. The predicted octanol–water partition coefficient (Wildman–Crippen LogP) is 1.81. The summed E-state index contributed by atoms with van der Waals surface area (Å²) in [6.07, 6.45) is 2.41. The maximum absolute atomic E-state index is 12.4. The van der Waals surface area contributed by atoms with Gasteiger partial charge in [0.1, 0.15) is 11.5 Å². The van der Waals surface area contributed by atoms with E-state index in [-0.39, 0.29) is 35.3 Å². The van der Waals surface area contributed by atoms with E-state index in [1.54, 1.807) is 4.90 Å². The van der Waals surface area contributed by atoms with Crippen LogP contribution in [-0.2, 0) is 4.79 Å². The lowest BCUT2D eigenvalue weighted by atomic mass is 9.93. The van der Waals surface area contributed by atoms with E-state index >= 15 is 0 Å². The van der Waals surface area contributed by atoms with Gasteiger partial charge in [0, 0.05) is 25.6 Å². The summed E-state index contributed by atoms with van der Waals surface area (Å²) in [4.78, 5) is 24.6. The fraction of sp³-hybridized carbons (Fsp3) is 0.467. The van der Waals surface area contributed by atoms with Gasteiger partial charge in [-0.1, -0.05) is 0 Å². The molecular formula is C15H19NO5. The van der Waals surface area contributed by atoms with Crippen molar-refractivity contribution in [2.45, 2.75) is 25.7 Å². The quantitative estimate of drug-likeness (QED) is 0.786. The number of likely N-dealkylation sites (tertiary alicyclic amines) is 1. The van der Waals surface area contributed by atoms with Gasteiger partial charge in [-0.05, 0) is 37.3 Å². The second kappa shape index (κ2) is 6.47. The smallest absolute Gasteiger partial charge is 0.303 e. The number of hydrogen-bond donors (Lipinski definition) is 3. The van der Waals surface area contributed by atoms with Crippen LogP contribution in [0.2, 0.25) is 0 Å². The molecule has 21 heavy (non-hydrogen) atoms. The third-order valence-corrected chi connectivity index (χ3v) is 3.78. The number of hydrogen-bond acceptors (Lipinski definition) is 4. The topological polar surface area (TPSA) is 98.1 Å². The average molecular weight is 293 g/mol. The molecule has 0 spiro atoms. The molecule has 1 aliphatic heterocycles. The summed E-state index contributed by atoms with van der Waals surface area (Å²) >= 11 is 0. The zero-order chi connectivity index (χ0) is 15.4. The van der Waals surface area contributed by atoms with Gasteiger partial charge in [0.25, 0.3) is 5.91 Å². The second-order valence-electron chi connectivity index (χ2n) is 5.39. The first kappa shape index (κ1) is 15.2. The van der Waals surface area contributed by atoms with E-state index in [9.17, 15) is 19.8 Å². The Morgan fingerprint density at radius 3 is 2.71 bits per heavy atom. The van der Waals surface area contributed by atoms with E-state index in [1.807, 2.05) is 0 Å². The minimum absolute atomic E-state index is 0.0953. The maximum Gasteiger partial charge on any atom is 0.303 e. The number of amides is 1. The van der Waals surface area contributed by atoms with E-state index < -0.39 is 5.97 Å². The van der Waals surface area contributed by atoms with Crippen molar-refractivity contribution in [2.75, 3.05) is 13.1 Å². The van der Waals surface area contributed by atoms with Crippen molar-refractivity contribution >= 4 is 11.9 Å². The molecule has 1 atom stereocenters. The predicted molar refractivity (Wildman–Crippen MR) is 75.3 cm³/mol. The normalized spacial score (nSPS) is 18.5. The zero-order valence-corrected chi connectivity index (χ0v) is 11.7. The SMILES string of the molecule is O=C(O)CCC1CCCN(C(=O)c2ccc(O)cc2O)C1. The highest BCUT2D eigenvalue weighted by Gasteiger charge is 2.26. The molecule has 0 aliphatic carbocycles. The third kappa shape index (κ3) is 3.87. The van der Waals surface area contributed by atoms with Crippen LogP contribution in [0.1, 0.15) is 36.0 Å². The van der Waals surface area contributed by atoms with Crippen molar-refractivity contribution in [3.05, 3.63) is 23.8 Å². The summed E-state index contributed by atoms with van der Waals surface area (Å²) in [7, 11) is 0. The Morgan fingerprint density at radius 1 is 1.29 bits per heavy atom. The number of nitrogens with zero attached hydrogens (tertiary/aromatic N) is 1. The molecule has 1 saturated heterocycles. The highest BCUT2D eigenvalue weighted by Crippen LogP contribution is 2.27. The molecule has 3 N–H and O–H groups in total. The molecule has 0 saturated carbocycles. The van der Waals surface area contributed by atoms with Crippen molar-refractivity contribution in [2.24, 2.45) is 5.92 Å². The van der Waals surface area contributed by atoms with Crippen molar-refractivity contribution in [3.63, 3.8) is 0 Å². The number of aliphatic carboxylic acids is 1. The van der Waals surface area contributed by atoms with Gasteiger partial charge in [-0.25, -0.2) is 0 Å². The number of piperidine rings is 1. The molecule has 0 aromatic heterocycles. The maximum atomic E-state index is 12.4. The lowest BCUT2D eigenvalue weighted by Gasteiger charge is -2.32. The molecule has 1 amide bonds. The molecule has 2 rings (SSSR count). The molecule has 1 unspecified atom stereocenters. The number of carboxylic acid groups (broad SMARTS) is 1. The van der Waals surface area contributed by atoms with Crippen LogP contribution in [0.3, 0.4) is 0 Å². The molecular weight excluding hydrogens is 274 g/mol. The third-order valence-electron chi connectivity index (χ3n) is 3.78. The second-order valence-corrected chi connectivity index (χ2v) is 5.39. The summed E-state index contributed by atoms with van der Waals surface area (Å²) in [6, 6.07) is 3.89. The number of aromatic hydroxyl groups is 2. The summed E-state index contributed by atoms with van der Waals surface area (Å²) in [5.74, 6) is -1.27. The Balaban J connectivity index is 2.03. The van der Waals surface area contributed by atoms with Crippen LogP contribution in [-0.4, -0.2) is 45.2 Å². The average Bonchev–Trinajstić information content (AvgIpc) is 2.45. The monoisotopic (exact) mass is 293 g/mol. The van der Waals surface area contributed by atoms with Gasteiger partial charge in [-0.2, -0.15) is 0 Å². The van der Waals surface area contributed by atoms with Gasteiger partial charge >= 0.3 is 5.97 Å². The Kier molecular flexibility index (Phi) is 4.67. The number of phenols is 2. The lowest BCUT2D eigenvalue weighted by Crippen LogP contribution is -2.40. The number of phenolic OH excluding ortho intramolecular Hbond substituents is 2. The van der Waals surface area contributed by atoms with Crippen molar-refractivity contribution in [1.82, 2.24) is 4.90 Å². The fourth-order valence-corrected chi connectivity index (χ4v) is 2.68. The van der Waals surface area contributed by atoms with E-state index in [0.717, 1.165) is 18.9 Å². The van der Waals surface area contributed by atoms with Crippen molar-refractivity contribution in [3.8, 4) is 11.5 Å². The molecule has 1 fully saturated rings. The molecule has 1 heterocycles. The summed E-state index contributed by atoms with van der Waals surface area (Å²) in [5, 5.41) is 27.7. The van der Waals surface area contributed by atoms with Gasteiger partial charge < -0.3 is 20.2 Å². The highest BCUT2D eigenvalue weighted by molar-refractivity contribution is 5.97. The van der Waals surface area contributed by atoms with Crippen molar-refractivity contribution in [1.29, 1.82) is 0 Å². The van der Waals surface area contributed by atoms with Crippen LogP contribution >= 0.6 is 0 Å². The van der Waals surface area contributed by atoms with Crippen LogP contribution < -0.4 is 0 Å². The summed E-state index contributed by atoms with van der Waals surface area (Å²) in [5.41, 5.74) is 0.159. The number of carbonyl (C=O) groups is 2. The first-order valence-electron chi connectivity index (χ1n) is 7.00. The number of rotatable bonds is 4. The van der Waals surface area contributed by atoms with Crippen molar-refractivity contribution < 1.29 is 24.9 Å². The molecule has 1 aromatic rings. The summed E-state index contributed by atoms with van der Waals surface area (Å²) < 4.78 is 0. The lowest BCUT2D eigenvalue weighted by molar-refractivity contribution is -0.137. The molecule has 6 heteroatoms. The van der Waals surface area contributed by atoms with E-state index in [2.05, 4.69) is 0 Å². The van der Waals surface area contributed by atoms with Gasteiger partial charge in [0.2, 0.25) is 0 Å².